The summed E-state index contributed by atoms with van der Waals surface area (Å²) in [5.74, 6) is -1.55. The van der Waals surface area contributed by atoms with E-state index in [2.05, 4.69) is 20.9 Å². The molecule has 48 heavy (non-hydrogen) atoms. The summed E-state index contributed by atoms with van der Waals surface area (Å²) in [5, 5.41) is 10.7. The van der Waals surface area contributed by atoms with E-state index in [4.69, 9.17) is 0 Å². The summed E-state index contributed by atoms with van der Waals surface area (Å²) in [5.41, 5.74) is 2.27. The number of thiazole rings is 1. The number of likely N-dealkylation sites (tertiary alicyclic amines) is 1. The van der Waals surface area contributed by atoms with Gasteiger partial charge in [0.2, 0.25) is 24.1 Å². The predicted molar refractivity (Wildman–Crippen MR) is 185 cm³/mol. The maximum Gasteiger partial charge on any atom is 0.262 e. The molecule has 2 fully saturated rings. The van der Waals surface area contributed by atoms with Crippen molar-refractivity contribution in [2.45, 2.75) is 109 Å². The Hall–Kier alpha value is -4.13. The number of carbonyl (C=O) groups is 6. The molecular formula is C35H48N6O6S. The number of aromatic nitrogens is 1. The van der Waals surface area contributed by atoms with Crippen molar-refractivity contribution in [3.8, 4) is 0 Å². The summed E-state index contributed by atoms with van der Waals surface area (Å²) in [4.78, 5) is 80.4. The van der Waals surface area contributed by atoms with Crippen molar-refractivity contribution in [1.29, 1.82) is 0 Å². The third-order valence-corrected chi connectivity index (χ3v) is 9.77. The zero-order valence-electron chi connectivity index (χ0n) is 28.1. The summed E-state index contributed by atoms with van der Waals surface area (Å²) in [6, 6.07) is 4.10. The van der Waals surface area contributed by atoms with Gasteiger partial charge in [-0.25, -0.2) is 4.98 Å². The molecule has 1 aromatic heterocycles. The van der Waals surface area contributed by atoms with Gasteiger partial charge in [-0.3, -0.25) is 39.0 Å². The Kier molecular flexibility index (Phi) is 14.1. The third-order valence-electron chi connectivity index (χ3n) is 8.98. The number of nitrogens with zero attached hydrogens (tertiary/aromatic N) is 3. The molecule has 2 saturated heterocycles. The average Bonchev–Trinajstić information content (AvgIpc) is 3.66. The van der Waals surface area contributed by atoms with E-state index < -0.39 is 29.7 Å². The van der Waals surface area contributed by atoms with Gasteiger partial charge >= 0.3 is 0 Å². The molecule has 1 aromatic carbocycles. The summed E-state index contributed by atoms with van der Waals surface area (Å²) >= 11 is 1.42. The number of rotatable bonds is 16. The van der Waals surface area contributed by atoms with E-state index in [-0.39, 0.29) is 35.8 Å². The lowest BCUT2D eigenvalue weighted by atomic mass is 9.95. The van der Waals surface area contributed by atoms with Crippen LogP contribution in [0.4, 0.5) is 10.8 Å². The minimum absolute atomic E-state index is 0.0952. The highest BCUT2D eigenvalue weighted by Crippen LogP contribution is 2.31. The lowest BCUT2D eigenvalue weighted by Crippen LogP contribution is -2.54. The van der Waals surface area contributed by atoms with Crippen molar-refractivity contribution >= 4 is 58.1 Å². The fourth-order valence-electron chi connectivity index (χ4n) is 6.47. The summed E-state index contributed by atoms with van der Waals surface area (Å²) in [6.07, 6.45) is 12.0. The van der Waals surface area contributed by atoms with Crippen LogP contribution in [0.5, 0.6) is 0 Å². The van der Waals surface area contributed by atoms with E-state index in [9.17, 15) is 28.8 Å². The topological polar surface area (TPSA) is 158 Å². The second-order valence-electron chi connectivity index (χ2n) is 12.2. The second kappa shape index (κ2) is 18.4. The zero-order valence-corrected chi connectivity index (χ0v) is 28.9. The van der Waals surface area contributed by atoms with Crippen LogP contribution < -0.4 is 16.0 Å². The molecule has 0 radical (unpaired) electrons. The fourth-order valence-corrected chi connectivity index (χ4v) is 7.22. The Morgan fingerprint density at radius 3 is 2.42 bits per heavy atom. The van der Waals surface area contributed by atoms with Gasteiger partial charge in [-0.05, 0) is 50.3 Å². The van der Waals surface area contributed by atoms with E-state index in [0.29, 0.717) is 24.5 Å². The van der Waals surface area contributed by atoms with Crippen molar-refractivity contribution in [3.63, 3.8) is 0 Å². The molecule has 2 unspecified atom stereocenters. The minimum Gasteiger partial charge on any atom is -0.385 e. The molecule has 12 nitrogen and oxygen atoms in total. The van der Waals surface area contributed by atoms with Crippen LogP contribution in [0.15, 0.2) is 23.6 Å². The van der Waals surface area contributed by atoms with Crippen molar-refractivity contribution in [2.75, 3.05) is 30.3 Å². The normalized spacial score (nSPS) is 19.0. The highest BCUT2D eigenvalue weighted by Gasteiger charge is 2.44. The number of benzene rings is 1. The van der Waals surface area contributed by atoms with Crippen LogP contribution in [0.2, 0.25) is 0 Å². The van der Waals surface area contributed by atoms with E-state index in [1.54, 1.807) is 18.2 Å². The SMILES string of the molecule is CC.O=CNc1nc(C2CCCN(C(=O)CCCCCCCCCCNc3ccc4c(c3)C(=O)N(C3CCC(=O)NC3=O)C4=O)C2)cs1. The smallest absolute Gasteiger partial charge is 0.262 e. The Labute approximate surface area is 286 Å². The quantitative estimate of drug-likeness (QED) is 0.120. The number of fused-ring (bicyclic) bond motifs is 1. The van der Waals surface area contributed by atoms with Crippen LogP contribution in [0, 0.1) is 0 Å². The highest BCUT2D eigenvalue weighted by atomic mass is 32.1. The standard InChI is InChI=1S/C33H42N6O6S.C2H6/c40-21-35-33-36-26(20-46-33)22-10-9-17-38(19-22)29(42)11-7-5-3-1-2-4-6-8-16-34-23-12-13-24-25(18-23)32(45)39(31(24)44)27-14-15-28(41)37-30(27)43;1-2/h12-13,18,20-22,27,34H,1-11,14-17,19H2,(H,35,36,40)(H,37,41,43);1-2H3. The lowest BCUT2D eigenvalue weighted by molar-refractivity contribution is -0.136. The monoisotopic (exact) mass is 680 g/mol. The molecular weight excluding hydrogens is 632 g/mol. The lowest BCUT2D eigenvalue weighted by Gasteiger charge is -2.32. The zero-order chi connectivity index (χ0) is 34.5. The molecule has 5 rings (SSSR count). The Balaban J connectivity index is 0.00000255. The molecule has 0 saturated carbocycles. The summed E-state index contributed by atoms with van der Waals surface area (Å²) < 4.78 is 0. The molecule has 13 heteroatoms. The summed E-state index contributed by atoms with van der Waals surface area (Å²) in [6.45, 7) is 6.25. The van der Waals surface area contributed by atoms with Crippen molar-refractivity contribution in [2.24, 2.45) is 0 Å². The Morgan fingerprint density at radius 2 is 1.69 bits per heavy atom. The molecule has 0 spiro atoms. The average molecular weight is 681 g/mol. The van der Waals surface area contributed by atoms with Gasteiger partial charge in [0.15, 0.2) is 5.13 Å². The van der Waals surface area contributed by atoms with Gasteiger partial charge in [-0.1, -0.05) is 52.4 Å². The first-order valence-electron chi connectivity index (χ1n) is 17.4. The first-order chi connectivity index (χ1) is 23.4. The van der Waals surface area contributed by atoms with Gasteiger partial charge in [0.25, 0.3) is 11.8 Å². The summed E-state index contributed by atoms with van der Waals surface area (Å²) in [7, 11) is 0. The van der Waals surface area contributed by atoms with Gasteiger partial charge in [0.1, 0.15) is 6.04 Å². The van der Waals surface area contributed by atoms with Crippen LogP contribution in [0.3, 0.4) is 0 Å². The molecule has 2 atom stereocenters. The minimum atomic E-state index is -0.963. The molecule has 3 aliphatic heterocycles. The number of imide groups is 2. The fraction of sp³-hybridized carbons (Fsp3) is 0.571. The number of amides is 6. The highest BCUT2D eigenvalue weighted by molar-refractivity contribution is 7.13. The number of nitrogens with one attached hydrogen (secondary N) is 3. The van der Waals surface area contributed by atoms with E-state index >= 15 is 0 Å². The number of unbranched alkanes of at least 4 members (excludes halogenated alkanes) is 7. The number of carbonyl (C=O) groups excluding carboxylic acids is 6. The predicted octanol–water partition coefficient (Wildman–Crippen LogP) is 5.47. The molecule has 3 aliphatic rings. The molecule has 3 N–H and O–H groups in total. The number of hydrogen-bond acceptors (Lipinski definition) is 9. The van der Waals surface area contributed by atoms with E-state index in [0.717, 1.165) is 93.6 Å². The maximum absolute atomic E-state index is 13.0. The van der Waals surface area contributed by atoms with Gasteiger partial charge in [0, 0.05) is 49.5 Å². The number of anilines is 2. The second-order valence-corrected chi connectivity index (χ2v) is 13.1. The van der Waals surface area contributed by atoms with Crippen LogP contribution in [-0.2, 0) is 19.2 Å². The molecule has 2 aromatic rings. The molecule has 260 valence electrons. The third kappa shape index (κ3) is 9.48. The number of piperidine rings is 2. The van der Waals surface area contributed by atoms with Gasteiger partial charge in [-0.15, -0.1) is 11.3 Å². The first-order valence-corrected chi connectivity index (χ1v) is 18.3. The van der Waals surface area contributed by atoms with E-state index in [1.807, 2.05) is 24.1 Å². The van der Waals surface area contributed by atoms with E-state index in [1.165, 1.54) is 11.3 Å². The van der Waals surface area contributed by atoms with Gasteiger partial charge < -0.3 is 15.5 Å². The van der Waals surface area contributed by atoms with Crippen LogP contribution in [0.1, 0.15) is 130 Å². The van der Waals surface area contributed by atoms with Gasteiger partial charge in [0.05, 0.1) is 16.8 Å². The molecule has 0 aliphatic carbocycles. The van der Waals surface area contributed by atoms with Crippen LogP contribution >= 0.6 is 11.3 Å². The first kappa shape index (κ1) is 36.7. The maximum atomic E-state index is 13.0. The number of hydrogen-bond donors (Lipinski definition) is 3. The molecule has 6 amide bonds. The van der Waals surface area contributed by atoms with Crippen LogP contribution in [0.25, 0.3) is 0 Å². The molecule has 4 heterocycles. The van der Waals surface area contributed by atoms with Crippen molar-refractivity contribution < 1.29 is 28.8 Å². The molecule has 0 bridgehead atoms. The van der Waals surface area contributed by atoms with Crippen molar-refractivity contribution in [1.82, 2.24) is 20.1 Å². The van der Waals surface area contributed by atoms with Crippen molar-refractivity contribution in [3.05, 3.63) is 40.4 Å². The Morgan fingerprint density at radius 1 is 0.979 bits per heavy atom. The largest absolute Gasteiger partial charge is 0.385 e. The Bertz CT molecular complexity index is 1460. The van der Waals surface area contributed by atoms with Gasteiger partial charge in [-0.2, -0.15) is 0 Å². The van der Waals surface area contributed by atoms with Crippen LogP contribution in [-0.4, -0.2) is 76.4 Å².